The number of aryl methyl sites for hydroxylation is 1. The second-order valence-electron chi connectivity index (χ2n) is 7.54. The minimum Gasteiger partial charge on any atom is -0.340 e. The van der Waals surface area contributed by atoms with E-state index in [1.54, 1.807) is 30.1 Å². The lowest BCUT2D eigenvalue weighted by atomic mass is 10.0. The maximum atomic E-state index is 12.6. The lowest BCUT2D eigenvalue weighted by molar-refractivity contribution is -0.118. The number of rotatable bonds is 6. The molecule has 31 heavy (non-hydrogen) atoms. The summed E-state index contributed by atoms with van der Waals surface area (Å²) in [5, 5.41) is 11.5. The molecular weight excluding hydrogens is 392 g/mol. The van der Waals surface area contributed by atoms with Crippen LogP contribution in [-0.2, 0) is 10.3 Å². The number of nitrogens with zero attached hydrogens (tertiary/aromatic N) is 5. The predicted octanol–water partition coefficient (Wildman–Crippen LogP) is 3.69. The van der Waals surface area contributed by atoms with Gasteiger partial charge in [-0.1, -0.05) is 23.4 Å². The first-order valence-electron chi connectivity index (χ1n) is 9.79. The first kappa shape index (κ1) is 20.2. The Kier molecular flexibility index (Phi) is 5.44. The molecule has 0 spiro atoms. The molecule has 0 saturated heterocycles. The highest BCUT2D eigenvalue weighted by Crippen LogP contribution is 2.24. The molecule has 0 fully saturated rings. The zero-order chi connectivity index (χ0) is 21.8. The monoisotopic (exact) mass is 414 g/mol. The molecule has 8 heteroatoms. The molecule has 0 atom stereocenters. The second kappa shape index (κ2) is 8.35. The molecule has 1 aromatic carbocycles. The minimum absolute atomic E-state index is 0.281. The fourth-order valence-electron chi connectivity index (χ4n) is 3.07. The third kappa shape index (κ3) is 4.58. The average Bonchev–Trinajstić information content (AvgIpc) is 3.40. The van der Waals surface area contributed by atoms with E-state index in [1.807, 2.05) is 62.5 Å². The van der Waals surface area contributed by atoms with Crippen molar-refractivity contribution in [2.45, 2.75) is 26.3 Å². The van der Waals surface area contributed by atoms with Crippen LogP contribution in [0, 0.1) is 6.92 Å². The number of benzene rings is 1. The zero-order valence-electron chi connectivity index (χ0n) is 17.5. The molecule has 3 aromatic heterocycles. The van der Waals surface area contributed by atoms with Gasteiger partial charge in [-0.05, 0) is 44.2 Å². The minimum atomic E-state index is -0.778. The van der Waals surface area contributed by atoms with Crippen molar-refractivity contribution in [3.63, 3.8) is 0 Å². The van der Waals surface area contributed by atoms with E-state index in [9.17, 15) is 4.79 Å². The van der Waals surface area contributed by atoms with Gasteiger partial charge in [-0.15, -0.1) is 0 Å². The standard InChI is InChI=1S/C23H22N6O2/c1-16-25-22(28-31-16)23(2,3)26-20(30)12-11-18-15-29(19-9-5-4-6-10-19)27-21(18)17-8-7-13-24-14-17/h4-15H,1-3H3,(H,26,30)/b12-11+. The van der Waals surface area contributed by atoms with Gasteiger partial charge in [-0.25, -0.2) is 4.68 Å². The Hall–Kier alpha value is -4.07. The number of amides is 1. The molecule has 0 bridgehead atoms. The molecule has 3 heterocycles. The summed E-state index contributed by atoms with van der Waals surface area (Å²) < 4.78 is 6.81. The number of hydrogen-bond acceptors (Lipinski definition) is 6. The molecule has 0 saturated carbocycles. The summed E-state index contributed by atoms with van der Waals surface area (Å²) in [5.74, 6) is 0.582. The summed E-state index contributed by atoms with van der Waals surface area (Å²) in [4.78, 5) is 21.0. The van der Waals surface area contributed by atoms with Crippen LogP contribution in [0.1, 0.15) is 31.1 Å². The summed E-state index contributed by atoms with van der Waals surface area (Å²) in [6, 6.07) is 13.6. The van der Waals surface area contributed by atoms with E-state index in [-0.39, 0.29) is 5.91 Å². The van der Waals surface area contributed by atoms with E-state index >= 15 is 0 Å². The SMILES string of the molecule is Cc1nc(C(C)(C)NC(=O)/C=C/c2cn(-c3ccccc3)nc2-c2cccnc2)no1. The van der Waals surface area contributed by atoms with Gasteiger partial charge in [-0.3, -0.25) is 9.78 Å². The van der Waals surface area contributed by atoms with Gasteiger partial charge in [0.2, 0.25) is 11.8 Å². The average molecular weight is 414 g/mol. The summed E-state index contributed by atoms with van der Waals surface area (Å²) in [6.07, 6.45) is 8.55. The van der Waals surface area contributed by atoms with Gasteiger partial charge in [0.25, 0.3) is 0 Å². The summed E-state index contributed by atoms with van der Waals surface area (Å²) in [7, 11) is 0. The van der Waals surface area contributed by atoms with E-state index in [2.05, 4.69) is 20.4 Å². The molecule has 1 amide bonds. The van der Waals surface area contributed by atoms with E-state index < -0.39 is 5.54 Å². The smallest absolute Gasteiger partial charge is 0.244 e. The van der Waals surface area contributed by atoms with Gasteiger partial charge in [-0.2, -0.15) is 10.1 Å². The van der Waals surface area contributed by atoms with Crippen molar-refractivity contribution in [2.75, 3.05) is 0 Å². The normalized spacial score (nSPS) is 11.7. The molecule has 0 unspecified atom stereocenters. The van der Waals surface area contributed by atoms with Crippen LogP contribution in [0.2, 0.25) is 0 Å². The van der Waals surface area contributed by atoms with Crippen molar-refractivity contribution in [2.24, 2.45) is 0 Å². The molecule has 8 nitrogen and oxygen atoms in total. The van der Waals surface area contributed by atoms with E-state index in [0.29, 0.717) is 11.7 Å². The lowest BCUT2D eigenvalue weighted by Gasteiger charge is -2.21. The van der Waals surface area contributed by atoms with Crippen molar-refractivity contribution in [3.8, 4) is 16.9 Å². The van der Waals surface area contributed by atoms with Gasteiger partial charge in [0.1, 0.15) is 5.69 Å². The highest BCUT2D eigenvalue weighted by molar-refractivity contribution is 5.93. The maximum absolute atomic E-state index is 12.6. The number of carbonyl (C=O) groups is 1. The van der Waals surface area contributed by atoms with Gasteiger partial charge in [0.15, 0.2) is 5.82 Å². The van der Waals surface area contributed by atoms with Crippen LogP contribution < -0.4 is 5.32 Å². The van der Waals surface area contributed by atoms with Crippen LogP contribution in [0.3, 0.4) is 0 Å². The van der Waals surface area contributed by atoms with Crippen molar-refractivity contribution in [1.82, 2.24) is 30.2 Å². The number of aromatic nitrogens is 5. The number of hydrogen-bond donors (Lipinski definition) is 1. The Bertz CT molecular complexity index is 1210. The molecule has 156 valence electrons. The Morgan fingerprint density at radius 1 is 1.16 bits per heavy atom. The second-order valence-corrected chi connectivity index (χ2v) is 7.54. The molecule has 0 aliphatic rings. The van der Waals surface area contributed by atoms with Crippen LogP contribution in [0.25, 0.3) is 23.0 Å². The number of carbonyl (C=O) groups excluding carboxylic acids is 1. The quantitative estimate of drug-likeness (QED) is 0.483. The van der Waals surface area contributed by atoms with Crippen LogP contribution in [0.5, 0.6) is 0 Å². The first-order chi connectivity index (χ1) is 14.9. The molecule has 0 radical (unpaired) electrons. The first-order valence-corrected chi connectivity index (χ1v) is 9.79. The van der Waals surface area contributed by atoms with E-state index in [4.69, 9.17) is 9.62 Å². The Labute approximate surface area is 179 Å². The van der Waals surface area contributed by atoms with Crippen LogP contribution >= 0.6 is 0 Å². The lowest BCUT2D eigenvalue weighted by Crippen LogP contribution is -2.41. The summed E-state index contributed by atoms with van der Waals surface area (Å²) >= 11 is 0. The summed E-state index contributed by atoms with van der Waals surface area (Å²) in [5.41, 5.74) is 2.53. The van der Waals surface area contributed by atoms with E-state index in [0.717, 1.165) is 22.5 Å². The Morgan fingerprint density at radius 2 is 1.97 bits per heavy atom. The third-order valence-corrected chi connectivity index (χ3v) is 4.63. The van der Waals surface area contributed by atoms with E-state index in [1.165, 1.54) is 6.08 Å². The van der Waals surface area contributed by atoms with Crippen molar-refractivity contribution >= 4 is 12.0 Å². The molecule has 4 aromatic rings. The highest BCUT2D eigenvalue weighted by atomic mass is 16.5. The van der Waals surface area contributed by atoms with Crippen LogP contribution in [0.4, 0.5) is 0 Å². The molecule has 0 aliphatic carbocycles. The number of nitrogens with one attached hydrogen (secondary N) is 1. The molecular formula is C23H22N6O2. The molecule has 1 N–H and O–H groups in total. The molecule has 4 rings (SSSR count). The topological polar surface area (TPSA) is 98.7 Å². The predicted molar refractivity (Wildman–Crippen MR) is 116 cm³/mol. The van der Waals surface area contributed by atoms with Gasteiger partial charge >= 0.3 is 0 Å². The molecule has 0 aliphatic heterocycles. The third-order valence-electron chi connectivity index (χ3n) is 4.63. The Balaban J connectivity index is 1.61. The van der Waals surface area contributed by atoms with Gasteiger partial charge in [0, 0.05) is 42.7 Å². The maximum Gasteiger partial charge on any atom is 0.244 e. The fourth-order valence-corrected chi connectivity index (χ4v) is 3.07. The summed E-state index contributed by atoms with van der Waals surface area (Å²) in [6.45, 7) is 5.34. The number of para-hydroxylation sites is 1. The zero-order valence-corrected chi connectivity index (χ0v) is 17.5. The van der Waals surface area contributed by atoms with Crippen molar-refractivity contribution in [3.05, 3.63) is 84.4 Å². The van der Waals surface area contributed by atoms with Crippen LogP contribution in [-0.4, -0.2) is 30.8 Å². The Morgan fingerprint density at radius 3 is 2.65 bits per heavy atom. The fraction of sp³-hybridized carbons (Fsp3) is 0.174. The number of pyridine rings is 1. The van der Waals surface area contributed by atoms with Gasteiger partial charge in [0.05, 0.1) is 11.2 Å². The van der Waals surface area contributed by atoms with Crippen molar-refractivity contribution in [1.29, 1.82) is 0 Å². The van der Waals surface area contributed by atoms with Gasteiger partial charge < -0.3 is 9.84 Å². The van der Waals surface area contributed by atoms with Crippen molar-refractivity contribution < 1.29 is 9.32 Å². The van der Waals surface area contributed by atoms with Crippen LogP contribution in [0.15, 0.2) is 71.7 Å². The largest absolute Gasteiger partial charge is 0.340 e. The highest BCUT2D eigenvalue weighted by Gasteiger charge is 2.27.